The highest BCUT2D eigenvalue weighted by molar-refractivity contribution is 5.99. The molecule has 2 unspecified atom stereocenters. The van der Waals surface area contributed by atoms with Crippen LogP contribution in [0.25, 0.3) is 0 Å². The van der Waals surface area contributed by atoms with Crippen LogP contribution in [0.15, 0.2) is 34.2 Å². The summed E-state index contributed by atoms with van der Waals surface area (Å²) in [5.41, 5.74) is -5.08. The SMILES string of the molecule is CCC(C)C(=O)O[C@H]1C(C)(C)[C@H](C(O)C(=O)OC)[C@]2(C)C(=O)[C@@]1(O)[C@@H](O)C1=C3CC(=O)O[C@@H](c4ccoc4)[C@]3(C)CC[C@@H]12. The van der Waals surface area contributed by atoms with Gasteiger partial charge in [-0.05, 0) is 42.4 Å². The molecule has 0 radical (unpaired) electrons. The highest BCUT2D eigenvalue weighted by atomic mass is 16.6. The topological polar surface area (TPSA) is 170 Å². The van der Waals surface area contributed by atoms with E-state index < -0.39 is 87.7 Å². The number of aliphatic hydroxyl groups excluding tert-OH is 2. The van der Waals surface area contributed by atoms with Crippen LogP contribution in [0.4, 0.5) is 0 Å². The first-order valence-electron chi connectivity index (χ1n) is 14.9. The Hall–Kier alpha value is -3.02. The number of ketones is 1. The predicted octanol–water partition coefficient (Wildman–Crippen LogP) is 2.81. The molecule has 1 aromatic heterocycles. The molecule has 5 rings (SSSR count). The standard InChI is InChI=1S/C32H42O11/c1-8-15(2)25(36)43-28-29(3,4)22(21(34)26(37)40-7)31(6)17-9-11-30(5)18(20(17)23(35)32(28,39)27(31)38)13-19(33)42-24(30)16-10-12-41-14-16/h10,12,14-15,17,21-24,28,34-35,39H,8-9,11,13H2,1-7H3/t15?,17-,21?,22-,23-,24-,28-,30+,31+,32-/m0/s1. The van der Waals surface area contributed by atoms with E-state index in [1.807, 2.05) is 6.92 Å². The first-order valence-corrected chi connectivity index (χ1v) is 14.9. The number of fused-ring (bicyclic) bond motifs is 5. The summed E-state index contributed by atoms with van der Waals surface area (Å²) in [5.74, 6) is -5.61. The molecule has 11 heteroatoms. The van der Waals surface area contributed by atoms with E-state index in [2.05, 4.69) is 0 Å². The number of carbonyl (C=O) groups excluding carboxylic acids is 4. The van der Waals surface area contributed by atoms with Crippen LogP contribution in [0, 0.1) is 34.0 Å². The molecule has 1 saturated heterocycles. The molecule has 3 N–H and O–H groups in total. The Labute approximate surface area is 250 Å². The molecule has 1 aromatic rings. The highest BCUT2D eigenvalue weighted by Crippen LogP contribution is 2.69. The van der Waals surface area contributed by atoms with Gasteiger partial charge >= 0.3 is 17.9 Å². The fourth-order valence-electron chi connectivity index (χ4n) is 8.88. The minimum atomic E-state index is -2.64. The quantitative estimate of drug-likeness (QED) is 0.249. The number of esters is 3. The van der Waals surface area contributed by atoms with Crippen LogP contribution in [0.5, 0.6) is 0 Å². The van der Waals surface area contributed by atoms with Crippen molar-refractivity contribution in [3.8, 4) is 0 Å². The van der Waals surface area contributed by atoms with Gasteiger partial charge in [-0.15, -0.1) is 0 Å². The molecule has 11 nitrogen and oxygen atoms in total. The molecule has 2 heterocycles. The number of furan rings is 1. The smallest absolute Gasteiger partial charge is 0.335 e. The second-order valence-electron chi connectivity index (χ2n) is 13.8. The van der Waals surface area contributed by atoms with E-state index in [-0.39, 0.29) is 12.0 Å². The van der Waals surface area contributed by atoms with Crippen LogP contribution < -0.4 is 0 Å². The van der Waals surface area contributed by atoms with Crippen molar-refractivity contribution in [1.82, 2.24) is 0 Å². The third-order valence-electron chi connectivity index (χ3n) is 11.2. The molecule has 2 bridgehead atoms. The Morgan fingerprint density at radius 2 is 1.84 bits per heavy atom. The maximum absolute atomic E-state index is 14.6. The molecule has 10 atom stereocenters. The molecule has 0 amide bonds. The molecule has 0 aromatic carbocycles. The van der Waals surface area contributed by atoms with Gasteiger partial charge in [-0.1, -0.05) is 41.5 Å². The largest absolute Gasteiger partial charge is 0.472 e. The molecule has 3 aliphatic carbocycles. The molecule has 236 valence electrons. The van der Waals surface area contributed by atoms with E-state index in [0.29, 0.717) is 30.4 Å². The minimum absolute atomic E-state index is 0.195. The van der Waals surface area contributed by atoms with E-state index in [4.69, 9.17) is 18.6 Å². The molecular formula is C32H42O11. The first kappa shape index (κ1) is 31.4. The number of rotatable bonds is 6. The lowest BCUT2D eigenvalue weighted by molar-refractivity contribution is -0.265. The Kier molecular flexibility index (Phi) is 7.50. The maximum atomic E-state index is 14.6. The van der Waals surface area contributed by atoms with Crippen molar-refractivity contribution in [3.63, 3.8) is 0 Å². The van der Waals surface area contributed by atoms with Gasteiger partial charge in [-0.3, -0.25) is 14.4 Å². The molecule has 2 saturated carbocycles. The van der Waals surface area contributed by atoms with Gasteiger partial charge in [-0.25, -0.2) is 4.79 Å². The van der Waals surface area contributed by atoms with E-state index in [1.165, 1.54) is 12.5 Å². The molecule has 4 aliphatic rings. The monoisotopic (exact) mass is 602 g/mol. The molecule has 43 heavy (non-hydrogen) atoms. The number of carbonyl (C=O) groups is 4. The van der Waals surface area contributed by atoms with Crippen molar-refractivity contribution in [3.05, 3.63) is 35.3 Å². The first-order chi connectivity index (χ1) is 20.0. The fourth-order valence-corrected chi connectivity index (χ4v) is 8.88. The molecular weight excluding hydrogens is 560 g/mol. The van der Waals surface area contributed by atoms with Gasteiger partial charge in [0.25, 0.3) is 0 Å². The lowest BCUT2D eigenvalue weighted by Crippen LogP contribution is -2.80. The Bertz CT molecular complexity index is 1360. The summed E-state index contributed by atoms with van der Waals surface area (Å²) >= 11 is 0. The number of hydrogen-bond acceptors (Lipinski definition) is 11. The van der Waals surface area contributed by atoms with Crippen LogP contribution in [0.2, 0.25) is 0 Å². The second kappa shape index (κ2) is 10.3. The molecule has 0 spiro atoms. The third kappa shape index (κ3) is 4.10. The van der Waals surface area contributed by atoms with Crippen LogP contribution in [0.1, 0.15) is 78.9 Å². The average Bonchev–Trinajstić information content (AvgIpc) is 3.50. The maximum Gasteiger partial charge on any atom is 0.335 e. The van der Waals surface area contributed by atoms with Gasteiger partial charge in [0.2, 0.25) is 0 Å². The van der Waals surface area contributed by atoms with Crippen molar-refractivity contribution < 1.29 is 53.1 Å². The van der Waals surface area contributed by atoms with Crippen LogP contribution in [-0.2, 0) is 33.4 Å². The normalized spacial score (nSPS) is 39.6. The summed E-state index contributed by atoms with van der Waals surface area (Å²) in [6, 6.07) is 1.70. The average molecular weight is 603 g/mol. The Morgan fingerprint density at radius 3 is 2.42 bits per heavy atom. The zero-order valence-corrected chi connectivity index (χ0v) is 25.7. The number of ether oxygens (including phenoxy) is 3. The Balaban J connectivity index is 1.78. The highest BCUT2D eigenvalue weighted by Gasteiger charge is 2.78. The number of hydrogen-bond donors (Lipinski definition) is 3. The van der Waals surface area contributed by atoms with E-state index in [9.17, 15) is 34.5 Å². The summed E-state index contributed by atoms with van der Waals surface area (Å²) < 4.78 is 21.9. The summed E-state index contributed by atoms with van der Waals surface area (Å²) in [5, 5.41) is 36.2. The third-order valence-corrected chi connectivity index (χ3v) is 11.2. The van der Waals surface area contributed by atoms with Gasteiger partial charge in [0, 0.05) is 27.7 Å². The summed E-state index contributed by atoms with van der Waals surface area (Å²) in [4.78, 5) is 53.8. The van der Waals surface area contributed by atoms with Crippen molar-refractivity contribution in [2.24, 2.45) is 34.0 Å². The zero-order valence-electron chi connectivity index (χ0n) is 25.7. The predicted molar refractivity (Wildman–Crippen MR) is 149 cm³/mol. The summed E-state index contributed by atoms with van der Waals surface area (Å²) in [6.07, 6.45) is -2.14. The van der Waals surface area contributed by atoms with Crippen molar-refractivity contribution >= 4 is 23.7 Å². The van der Waals surface area contributed by atoms with E-state index >= 15 is 0 Å². The van der Waals surface area contributed by atoms with Crippen molar-refractivity contribution in [2.45, 2.75) is 97.2 Å². The van der Waals surface area contributed by atoms with Gasteiger partial charge in [0.05, 0.1) is 32.0 Å². The number of methoxy groups -OCH3 is 1. The van der Waals surface area contributed by atoms with Crippen molar-refractivity contribution in [2.75, 3.05) is 7.11 Å². The van der Waals surface area contributed by atoms with Crippen LogP contribution >= 0.6 is 0 Å². The zero-order chi connectivity index (χ0) is 31.9. The molecule has 3 fully saturated rings. The molecule has 1 aliphatic heterocycles. The summed E-state index contributed by atoms with van der Waals surface area (Å²) in [6.45, 7) is 10.1. The van der Waals surface area contributed by atoms with Crippen LogP contribution in [-0.4, -0.2) is 70.0 Å². The second-order valence-corrected chi connectivity index (χ2v) is 13.8. The van der Waals surface area contributed by atoms with Crippen LogP contribution in [0.3, 0.4) is 0 Å². The van der Waals surface area contributed by atoms with E-state index in [0.717, 1.165) is 7.11 Å². The minimum Gasteiger partial charge on any atom is -0.472 e. The van der Waals surface area contributed by atoms with Gasteiger partial charge in [0.1, 0.15) is 18.3 Å². The summed E-state index contributed by atoms with van der Waals surface area (Å²) in [7, 11) is 1.12. The number of cyclic esters (lactones) is 1. The fraction of sp³-hybridized carbons (Fsp3) is 0.688. The number of Topliss-reactive ketones (excluding diaryl/α,β-unsaturated/α-hetero) is 1. The van der Waals surface area contributed by atoms with Gasteiger partial charge in [-0.2, -0.15) is 0 Å². The van der Waals surface area contributed by atoms with E-state index in [1.54, 1.807) is 40.7 Å². The lowest BCUT2D eigenvalue weighted by atomic mass is 9.38. The van der Waals surface area contributed by atoms with Gasteiger partial charge in [0.15, 0.2) is 17.5 Å². The number of aliphatic hydroxyl groups is 3. The lowest BCUT2D eigenvalue weighted by Gasteiger charge is -2.67. The van der Waals surface area contributed by atoms with Crippen molar-refractivity contribution in [1.29, 1.82) is 0 Å². The Morgan fingerprint density at radius 1 is 1.16 bits per heavy atom. The van der Waals surface area contributed by atoms with Gasteiger partial charge < -0.3 is 33.9 Å².